The molecule has 2 heterocycles. The van der Waals surface area contributed by atoms with E-state index in [2.05, 4.69) is 15.6 Å². The van der Waals surface area contributed by atoms with Gasteiger partial charge in [0.2, 0.25) is 5.91 Å². The molecule has 1 fully saturated rings. The van der Waals surface area contributed by atoms with E-state index in [0.29, 0.717) is 19.6 Å². The molecule has 0 saturated carbocycles. The predicted octanol–water partition coefficient (Wildman–Crippen LogP) is 1.89. The summed E-state index contributed by atoms with van der Waals surface area (Å²) < 4.78 is 11.1. The zero-order valence-corrected chi connectivity index (χ0v) is 14.5. The van der Waals surface area contributed by atoms with E-state index in [0.717, 1.165) is 35.9 Å². The molecule has 1 amide bonds. The summed E-state index contributed by atoms with van der Waals surface area (Å²) in [7, 11) is 1.66. The van der Waals surface area contributed by atoms with E-state index in [1.54, 1.807) is 13.3 Å². The number of pyridine rings is 1. The number of fused-ring (bicyclic) bond motifs is 1. The number of carbonyl (C=O) groups is 1. The zero-order chi connectivity index (χ0) is 17.5. The van der Waals surface area contributed by atoms with E-state index in [1.807, 2.05) is 30.5 Å². The molecule has 1 aromatic carbocycles. The van der Waals surface area contributed by atoms with Crippen LogP contribution in [0.1, 0.15) is 19.3 Å². The van der Waals surface area contributed by atoms with Gasteiger partial charge in [-0.3, -0.25) is 9.78 Å². The fraction of sp³-hybridized carbons (Fsp3) is 0.474. The Morgan fingerprint density at radius 3 is 3.16 bits per heavy atom. The van der Waals surface area contributed by atoms with Crippen molar-refractivity contribution >= 4 is 16.7 Å². The number of hydrogen-bond acceptors (Lipinski definition) is 5. The van der Waals surface area contributed by atoms with Crippen LogP contribution in [0.5, 0.6) is 5.75 Å². The van der Waals surface area contributed by atoms with Crippen molar-refractivity contribution in [3.8, 4) is 5.75 Å². The van der Waals surface area contributed by atoms with Crippen LogP contribution in [0, 0.1) is 0 Å². The third-order valence-corrected chi connectivity index (χ3v) is 4.41. The minimum absolute atomic E-state index is 0.0361. The van der Waals surface area contributed by atoms with E-state index in [1.165, 1.54) is 0 Å². The fourth-order valence-corrected chi connectivity index (χ4v) is 3.07. The molecule has 0 spiro atoms. The second kappa shape index (κ2) is 8.78. The van der Waals surface area contributed by atoms with Crippen LogP contribution in [0.25, 0.3) is 10.8 Å². The predicted molar refractivity (Wildman–Crippen MR) is 96.7 cm³/mol. The summed E-state index contributed by atoms with van der Waals surface area (Å²) in [5, 5.41) is 8.42. The van der Waals surface area contributed by atoms with Gasteiger partial charge in [-0.15, -0.1) is 0 Å². The lowest BCUT2D eigenvalue weighted by Crippen LogP contribution is -2.51. The van der Waals surface area contributed by atoms with Gasteiger partial charge in [-0.25, -0.2) is 0 Å². The maximum absolute atomic E-state index is 12.3. The molecule has 6 heteroatoms. The number of benzene rings is 1. The Morgan fingerprint density at radius 1 is 1.36 bits per heavy atom. The summed E-state index contributed by atoms with van der Waals surface area (Å²) in [5.74, 6) is 0.874. The molecule has 2 N–H and O–H groups in total. The van der Waals surface area contributed by atoms with Crippen LogP contribution >= 0.6 is 0 Å². The first-order chi connectivity index (χ1) is 12.3. The molecule has 1 saturated heterocycles. The Labute approximate surface area is 147 Å². The standard InChI is InChI=1S/C19H25N3O3/c1-24-10-2-7-22-19(23)18-12-17(6-9-21-18)25-16-4-3-15-13-20-8-5-14(15)11-16/h3-5,8,11,13,17-18,21H,2,6-7,9-10,12H2,1H3,(H,22,23)/t17-,18-/m0/s1. The number of piperidine rings is 1. The first-order valence-corrected chi connectivity index (χ1v) is 8.77. The van der Waals surface area contributed by atoms with Crippen molar-refractivity contribution in [2.45, 2.75) is 31.4 Å². The number of rotatable bonds is 7. The van der Waals surface area contributed by atoms with Crippen molar-refractivity contribution < 1.29 is 14.3 Å². The van der Waals surface area contributed by atoms with Gasteiger partial charge in [0.25, 0.3) is 0 Å². The number of nitrogens with zero attached hydrogens (tertiary/aromatic N) is 1. The van der Waals surface area contributed by atoms with Crippen molar-refractivity contribution in [3.05, 3.63) is 36.7 Å². The van der Waals surface area contributed by atoms with Crippen molar-refractivity contribution in [1.29, 1.82) is 0 Å². The minimum Gasteiger partial charge on any atom is -0.490 e. The molecule has 0 aliphatic carbocycles. The van der Waals surface area contributed by atoms with Crippen LogP contribution in [0.2, 0.25) is 0 Å². The smallest absolute Gasteiger partial charge is 0.237 e. The highest BCUT2D eigenvalue weighted by Crippen LogP contribution is 2.23. The van der Waals surface area contributed by atoms with Gasteiger partial charge >= 0.3 is 0 Å². The Balaban J connectivity index is 1.54. The second-order valence-corrected chi connectivity index (χ2v) is 6.29. The first-order valence-electron chi connectivity index (χ1n) is 8.77. The Hall–Kier alpha value is -2.18. The molecule has 1 aliphatic rings. The average Bonchev–Trinajstić information content (AvgIpc) is 2.65. The first kappa shape index (κ1) is 17.6. The number of methoxy groups -OCH3 is 1. The minimum atomic E-state index is -0.203. The van der Waals surface area contributed by atoms with Gasteiger partial charge in [0.1, 0.15) is 11.9 Å². The van der Waals surface area contributed by atoms with Crippen LogP contribution in [0.4, 0.5) is 0 Å². The molecule has 2 aromatic rings. The van der Waals surface area contributed by atoms with Crippen molar-refractivity contribution in [1.82, 2.24) is 15.6 Å². The summed E-state index contributed by atoms with van der Waals surface area (Å²) >= 11 is 0. The monoisotopic (exact) mass is 343 g/mol. The van der Waals surface area contributed by atoms with Gasteiger partial charge in [-0.2, -0.15) is 0 Å². The molecular formula is C19H25N3O3. The van der Waals surface area contributed by atoms with E-state index >= 15 is 0 Å². The average molecular weight is 343 g/mol. The van der Waals surface area contributed by atoms with Crippen LogP contribution in [-0.2, 0) is 9.53 Å². The molecule has 0 unspecified atom stereocenters. The van der Waals surface area contributed by atoms with Crippen molar-refractivity contribution in [2.75, 3.05) is 26.8 Å². The van der Waals surface area contributed by atoms with Crippen molar-refractivity contribution in [3.63, 3.8) is 0 Å². The molecule has 6 nitrogen and oxygen atoms in total. The molecule has 25 heavy (non-hydrogen) atoms. The van der Waals surface area contributed by atoms with Gasteiger partial charge in [-0.05, 0) is 49.0 Å². The maximum atomic E-state index is 12.3. The van der Waals surface area contributed by atoms with Gasteiger partial charge in [0, 0.05) is 44.5 Å². The number of ether oxygens (including phenoxy) is 2. The highest BCUT2D eigenvalue weighted by molar-refractivity contribution is 5.83. The van der Waals surface area contributed by atoms with Crippen LogP contribution in [0.15, 0.2) is 36.7 Å². The number of aromatic nitrogens is 1. The molecule has 3 rings (SSSR count). The summed E-state index contributed by atoms with van der Waals surface area (Å²) in [6.45, 7) is 2.06. The van der Waals surface area contributed by atoms with Crippen LogP contribution in [0.3, 0.4) is 0 Å². The van der Waals surface area contributed by atoms with E-state index in [-0.39, 0.29) is 18.1 Å². The summed E-state index contributed by atoms with van der Waals surface area (Å²) in [6, 6.07) is 7.77. The number of nitrogens with one attached hydrogen (secondary N) is 2. The Bertz CT molecular complexity index is 707. The highest BCUT2D eigenvalue weighted by Gasteiger charge is 2.27. The fourth-order valence-electron chi connectivity index (χ4n) is 3.07. The maximum Gasteiger partial charge on any atom is 0.237 e. The molecule has 1 aromatic heterocycles. The molecule has 0 radical (unpaired) electrons. The van der Waals surface area contributed by atoms with Gasteiger partial charge in [-0.1, -0.05) is 0 Å². The zero-order valence-electron chi connectivity index (χ0n) is 14.5. The topological polar surface area (TPSA) is 72.5 Å². The summed E-state index contributed by atoms with van der Waals surface area (Å²) in [5.41, 5.74) is 0. The lowest BCUT2D eigenvalue weighted by Gasteiger charge is -2.30. The van der Waals surface area contributed by atoms with Crippen LogP contribution < -0.4 is 15.4 Å². The van der Waals surface area contributed by atoms with Gasteiger partial charge < -0.3 is 20.1 Å². The van der Waals surface area contributed by atoms with Gasteiger partial charge in [0.05, 0.1) is 6.04 Å². The summed E-state index contributed by atoms with van der Waals surface area (Å²) in [4.78, 5) is 16.4. The quantitative estimate of drug-likeness (QED) is 0.751. The molecule has 2 atom stereocenters. The largest absolute Gasteiger partial charge is 0.490 e. The van der Waals surface area contributed by atoms with Crippen LogP contribution in [-0.4, -0.2) is 49.8 Å². The lowest BCUT2D eigenvalue weighted by molar-refractivity contribution is -0.124. The number of amides is 1. The van der Waals surface area contributed by atoms with Gasteiger partial charge in [0.15, 0.2) is 0 Å². The van der Waals surface area contributed by atoms with E-state index < -0.39 is 0 Å². The van der Waals surface area contributed by atoms with E-state index in [4.69, 9.17) is 9.47 Å². The third-order valence-electron chi connectivity index (χ3n) is 4.41. The molecule has 0 bridgehead atoms. The molecule has 1 aliphatic heterocycles. The normalized spacial score (nSPS) is 20.4. The van der Waals surface area contributed by atoms with Crippen molar-refractivity contribution in [2.24, 2.45) is 0 Å². The lowest BCUT2D eigenvalue weighted by atomic mass is 10.0. The number of carbonyl (C=O) groups excluding carboxylic acids is 1. The highest BCUT2D eigenvalue weighted by atomic mass is 16.5. The van der Waals surface area contributed by atoms with E-state index in [9.17, 15) is 4.79 Å². The Kier molecular flexibility index (Phi) is 6.19. The third kappa shape index (κ3) is 4.90. The molecular weight excluding hydrogens is 318 g/mol. The molecule has 134 valence electrons. The Morgan fingerprint density at radius 2 is 2.28 bits per heavy atom. The second-order valence-electron chi connectivity index (χ2n) is 6.29. The summed E-state index contributed by atoms with van der Waals surface area (Å²) in [6.07, 6.45) is 6.04. The SMILES string of the molecule is COCCCNC(=O)[C@@H]1C[C@@H](Oc2ccc3cnccc3c2)CCN1. The number of hydrogen-bond donors (Lipinski definition) is 2.